The summed E-state index contributed by atoms with van der Waals surface area (Å²) >= 11 is 0. The number of nitrogens with one attached hydrogen (secondary N) is 2. The van der Waals surface area contributed by atoms with Crippen LogP contribution < -0.4 is 10.0 Å². The van der Waals surface area contributed by atoms with Crippen LogP contribution in [0.25, 0.3) is 16.8 Å². The Bertz CT molecular complexity index is 1090. The van der Waals surface area contributed by atoms with Gasteiger partial charge in [0, 0.05) is 42.8 Å². The molecule has 0 aliphatic heterocycles. The van der Waals surface area contributed by atoms with Gasteiger partial charge in [0.2, 0.25) is 10.0 Å². The molecule has 6 nitrogen and oxygen atoms in total. The first kappa shape index (κ1) is 21.1. The van der Waals surface area contributed by atoms with Crippen LogP contribution in [-0.4, -0.2) is 38.1 Å². The third kappa shape index (κ3) is 5.71. The number of pyridine rings is 1. The molecule has 29 heavy (non-hydrogen) atoms. The Morgan fingerprint density at radius 1 is 1.10 bits per heavy atom. The standard InChI is InChI=1S/C22H25N3O3S/c1-17(13-18-5-7-19(16-26)8-6-18)14-24-11-12-25-29(27,28)22-4-2-3-20-15-23-10-9-21(20)22/h2-10,13,15,24-26H,11-12,14,16H2,1H3. The number of aliphatic hydroxyl groups is 1. The Balaban J connectivity index is 1.51. The highest BCUT2D eigenvalue weighted by Crippen LogP contribution is 2.21. The van der Waals surface area contributed by atoms with Crippen LogP contribution in [0.3, 0.4) is 0 Å². The van der Waals surface area contributed by atoms with E-state index in [9.17, 15) is 8.42 Å². The summed E-state index contributed by atoms with van der Waals surface area (Å²) in [7, 11) is -3.60. The molecule has 1 heterocycles. The molecule has 1 aromatic heterocycles. The van der Waals surface area contributed by atoms with E-state index < -0.39 is 10.0 Å². The number of rotatable bonds is 9. The van der Waals surface area contributed by atoms with Crippen LogP contribution in [0.1, 0.15) is 18.1 Å². The van der Waals surface area contributed by atoms with Crippen LogP contribution in [0, 0.1) is 0 Å². The third-order valence-corrected chi connectivity index (χ3v) is 6.02. The van der Waals surface area contributed by atoms with Gasteiger partial charge in [0.15, 0.2) is 0 Å². The Kier molecular flexibility index (Phi) is 7.11. The molecular formula is C22H25N3O3S. The van der Waals surface area contributed by atoms with Gasteiger partial charge >= 0.3 is 0 Å². The molecule has 0 amide bonds. The Hall–Kier alpha value is -2.58. The number of fused-ring (bicyclic) bond motifs is 1. The maximum Gasteiger partial charge on any atom is 0.241 e. The van der Waals surface area contributed by atoms with E-state index in [4.69, 9.17) is 5.11 Å². The van der Waals surface area contributed by atoms with Crippen molar-refractivity contribution in [2.24, 2.45) is 0 Å². The lowest BCUT2D eigenvalue weighted by Gasteiger charge is -2.10. The van der Waals surface area contributed by atoms with E-state index in [2.05, 4.69) is 21.1 Å². The summed E-state index contributed by atoms with van der Waals surface area (Å²) in [5.41, 5.74) is 3.08. The molecule has 2 aromatic carbocycles. The number of aliphatic hydroxyl groups excluding tert-OH is 1. The molecule has 152 valence electrons. The Morgan fingerprint density at radius 3 is 2.66 bits per heavy atom. The molecule has 7 heteroatoms. The van der Waals surface area contributed by atoms with Crippen LogP contribution in [0.4, 0.5) is 0 Å². The lowest BCUT2D eigenvalue weighted by atomic mass is 10.1. The first-order valence-electron chi connectivity index (χ1n) is 9.40. The summed E-state index contributed by atoms with van der Waals surface area (Å²) in [6, 6.07) is 14.6. The van der Waals surface area contributed by atoms with Gasteiger partial charge in [-0.15, -0.1) is 0 Å². The monoisotopic (exact) mass is 411 g/mol. The second kappa shape index (κ2) is 9.76. The van der Waals surface area contributed by atoms with Gasteiger partial charge in [0.25, 0.3) is 0 Å². The van der Waals surface area contributed by atoms with Crippen molar-refractivity contribution in [2.45, 2.75) is 18.4 Å². The fourth-order valence-electron chi connectivity index (χ4n) is 3.02. The van der Waals surface area contributed by atoms with Gasteiger partial charge in [0.1, 0.15) is 0 Å². The molecule has 0 radical (unpaired) electrons. The van der Waals surface area contributed by atoms with Gasteiger partial charge < -0.3 is 10.4 Å². The summed E-state index contributed by atoms with van der Waals surface area (Å²) < 4.78 is 27.9. The largest absolute Gasteiger partial charge is 0.392 e. The molecule has 0 unspecified atom stereocenters. The smallest absolute Gasteiger partial charge is 0.241 e. The van der Waals surface area contributed by atoms with Crippen LogP contribution >= 0.6 is 0 Å². The molecule has 3 rings (SSSR count). The highest BCUT2D eigenvalue weighted by Gasteiger charge is 2.16. The van der Waals surface area contributed by atoms with Crippen LogP contribution in [0.15, 0.2) is 71.4 Å². The van der Waals surface area contributed by atoms with Crippen molar-refractivity contribution in [3.8, 4) is 0 Å². The van der Waals surface area contributed by atoms with E-state index in [1.54, 1.807) is 30.6 Å². The molecule has 0 aliphatic carbocycles. The molecule has 0 atom stereocenters. The topological polar surface area (TPSA) is 91.3 Å². The number of sulfonamides is 1. The fraction of sp³-hybridized carbons (Fsp3) is 0.227. The van der Waals surface area contributed by atoms with Gasteiger partial charge in [-0.25, -0.2) is 13.1 Å². The number of benzene rings is 2. The molecule has 3 N–H and O–H groups in total. The number of hydrogen-bond donors (Lipinski definition) is 3. The zero-order chi connectivity index (χ0) is 20.7. The van der Waals surface area contributed by atoms with Crippen LogP contribution in [-0.2, 0) is 16.6 Å². The van der Waals surface area contributed by atoms with Crippen molar-refractivity contribution >= 4 is 26.9 Å². The summed E-state index contributed by atoms with van der Waals surface area (Å²) in [5.74, 6) is 0. The zero-order valence-corrected chi connectivity index (χ0v) is 17.1. The average Bonchev–Trinajstić information content (AvgIpc) is 2.73. The molecule has 0 saturated carbocycles. The van der Waals surface area contributed by atoms with Crippen molar-refractivity contribution in [2.75, 3.05) is 19.6 Å². The lowest BCUT2D eigenvalue weighted by Crippen LogP contribution is -2.32. The van der Waals surface area contributed by atoms with Crippen molar-refractivity contribution in [3.05, 3.63) is 77.6 Å². The average molecular weight is 412 g/mol. The summed E-state index contributed by atoms with van der Waals surface area (Å²) in [6.45, 7) is 3.52. The van der Waals surface area contributed by atoms with E-state index in [0.717, 1.165) is 22.1 Å². The Labute approximate surface area is 171 Å². The summed E-state index contributed by atoms with van der Waals surface area (Å²) in [6.07, 6.45) is 5.31. The molecule has 0 aliphatic rings. The van der Waals surface area contributed by atoms with Gasteiger partial charge in [-0.3, -0.25) is 4.98 Å². The van der Waals surface area contributed by atoms with E-state index in [-0.39, 0.29) is 11.5 Å². The molecule has 0 saturated heterocycles. The molecule has 0 fully saturated rings. The van der Waals surface area contributed by atoms with Crippen LogP contribution in [0.5, 0.6) is 0 Å². The highest BCUT2D eigenvalue weighted by molar-refractivity contribution is 7.89. The number of hydrogen-bond acceptors (Lipinski definition) is 5. The van der Waals surface area contributed by atoms with E-state index in [1.165, 1.54) is 0 Å². The first-order chi connectivity index (χ1) is 14.0. The van der Waals surface area contributed by atoms with E-state index >= 15 is 0 Å². The summed E-state index contributed by atoms with van der Waals surface area (Å²) in [5, 5.41) is 13.8. The van der Waals surface area contributed by atoms with Gasteiger partial charge in [-0.1, -0.05) is 48.0 Å². The number of aromatic nitrogens is 1. The van der Waals surface area contributed by atoms with Crippen molar-refractivity contribution in [1.82, 2.24) is 15.0 Å². The zero-order valence-electron chi connectivity index (χ0n) is 16.3. The predicted molar refractivity (Wildman–Crippen MR) is 116 cm³/mol. The minimum atomic E-state index is -3.60. The fourth-order valence-corrected chi connectivity index (χ4v) is 4.28. The van der Waals surface area contributed by atoms with Crippen molar-refractivity contribution < 1.29 is 13.5 Å². The third-order valence-electron chi connectivity index (χ3n) is 4.50. The van der Waals surface area contributed by atoms with Gasteiger partial charge in [-0.2, -0.15) is 0 Å². The molecule has 0 spiro atoms. The lowest BCUT2D eigenvalue weighted by molar-refractivity contribution is 0.282. The summed E-state index contributed by atoms with van der Waals surface area (Å²) in [4.78, 5) is 4.30. The predicted octanol–water partition coefficient (Wildman–Crippen LogP) is 2.70. The quantitative estimate of drug-likeness (QED) is 0.471. The van der Waals surface area contributed by atoms with E-state index in [1.807, 2.05) is 37.3 Å². The second-order valence-corrected chi connectivity index (χ2v) is 8.55. The van der Waals surface area contributed by atoms with Gasteiger partial charge in [-0.05, 0) is 30.2 Å². The normalized spacial score (nSPS) is 12.4. The molecule has 3 aromatic rings. The second-order valence-electron chi connectivity index (χ2n) is 6.82. The molecular weight excluding hydrogens is 386 g/mol. The minimum Gasteiger partial charge on any atom is -0.392 e. The van der Waals surface area contributed by atoms with Crippen LogP contribution in [0.2, 0.25) is 0 Å². The van der Waals surface area contributed by atoms with Crippen molar-refractivity contribution in [1.29, 1.82) is 0 Å². The highest BCUT2D eigenvalue weighted by atomic mass is 32.2. The minimum absolute atomic E-state index is 0.0378. The SMILES string of the molecule is CC(=Cc1ccc(CO)cc1)CNCCNS(=O)(=O)c1cccc2cnccc12. The molecule has 0 bridgehead atoms. The number of nitrogens with zero attached hydrogens (tertiary/aromatic N) is 1. The maximum atomic E-state index is 12.6. The first-order valence-corrected chi connectivity index (χ1v) is 10.9. The van der Waals surface area contributed by atoms with E-state index in [0.29, 0.717) is 25.0 Å². The Morgan fingerprint density at radius 2 is 1.90 bits per heavy atom. The maximum absolute atomic E-state index is 12.6. The van der Waals surface area contributed by atoms with Crippen molar-refractivity contribution in [3.63, 3.8) is 0 Å². The van der Waals surface area contributed by atoms with Gasteiger partial charge in [0.05, 0.1) is 11.5 Å².